The second-order valence-corrected chi connectivity index (χ2v) is 9.45. The SMILES string of the molecule is CCCC[N+]1(CC)CCCN(C(=O)C(C)(C)CC(C)(C)C)CC1. The Morgan fingerprint density at radius 2 is 1.70 bits per heavy atom. The topological polar surface area (TPSA) is 20.3 Å². The molecule has 1 aliphatic rings. The maximum absolute atomic E-state index is 13.1. The van der Waals surface area contributed by atoms with Crippen LogP contribution in [0.2, 0.25) is 0 Å². The molecule has 3 heteroatoms. The van der Waals surface area contributed by atoms with E-state index in [9.17, 15) is 4.79 Å². The number of hydrogen-bond donors (Lipinski definition) is 0. The molecule has 1 aliphatic heterocycles. The first-order valence-electron chi connectivity index (χ1n) is 9.70. The van der Waals surface area contributed by atoms with E-state index in [2.05, 4.69) is 53.4 Å². The third-order valence-corrected chi connectivity index (χ3v) is 5.40. The van der Waals surface area contributed by atoms with Gasteiger partial charge in [-0.2, -0.15) is 0 Å². The molecular weight excluding hydrogens is 284 g/mol. The molecule has 136 valence electrons. The molecular formula is C20H41N2O+. The summed E-state index contributed by atoms with van der Waals surface area (Å²) in [7, 11) is 0. The van der Waals surface area contributed by atoms with Crippen molar-refractivity contribution in [2.75, 3.05) is 39.3 Å². The van der Waals surface area contributed by atoms with Crippen LogP contribution in [0.3, 0.4) is 0 Å². The lowest BCUT2D eigenvalue weighted by atomic mass is 9.75. The van der Waals surface area contributed by atoms with Gasteiger partial charge in [0.25, 0.3) is 0 Å². The van der Waals surface area contributed by atoms with Gasteiger partial charge in [-0.25, -0.2) is 0 Å². The van der Waals surface area contributed by atoms with E-state index in [1.807, 2.05) is 0 Å². The fourth-order valence-corrected chi connectivity index (χ4v) is 4.38. The van der Waals surface area contributed by atoms with Crippen molar-refractivity contribution in [3.05, 3.63) is 0 Å². The predicted octanol–water partition coefficient (Wildman–Crippen LogP) is 4.32. The zero-order valence-corrected chi connectivity index (χ0v) is 16.9. The molecule has 0 bridgehead atoms. The number of rotatable bonds is 6. The number of carbonyl (C=O) groups is 1. The van der Waals surface area contributed by atoms with Crippen LogP contribution in [0.15, 0.2) is 0 Å². The average Bonchev–Trinajstić information content (AvgIpc) is 2.65. The van der Waals surface area contributed by atoms with Gasteiger partial charge in [0.15, 0.2) is 0 Å². The van der Waals surface area contributed by atoms with Gasteiger partial charge in [0.05, 0.1) is 32.7 Å². The van der Waals surface area contributed by atoms with Gasteiger partial charge in [-0.05, 0) is 25.2 Å². The van der Waals surface area contributed by atoms with Crippen LogP contribution in [0.4, 0.5) is 0 Å². The number of hydrogen-bond acceptors (Lipinski definition) is 1. The lowest BCUT2D eigenvalue weighted by Gasteiger charge is -2.38. The maximum Gasteiger partial charge on any atom is 0.228 e. The first kappa shape index (κ1) is 20.5. The molecule has 0 saturated carbocycles. The summed E-state index contributed by atoms with van der Waals surface area (Å²) in [5, 5.41) is 0. The molecule has 23 heavy (non-hydrogen) atoms. The van der Waals surface area contributed by atoms with Crippen LogP contribution in [-0.2, 0) is 4.79 Å². The zero-order valence-electron chi connectivity index (χ0n) is 16.9. The van der Waals surface area contributed by atoms with Crippen molar-refractivity contribution in [3.63, 3.8) is 0 Å². The Morgan fingerprint density at radius 3 is 2.22 bits per heavy atom. The highest BCUT2D eigenvalue weighted by atomic mass is 16.2. The summed E-state index contributed by atoms with van der Waals surface area (Å²) < 4.78 is 1.21. The molecule has 3 nitrogen and oxygen atoms in total. The molecule has 0 spiro atoms. The number of carbonyl (C=O) groups excluding carboxylic acids is 1. The molecule has 0 aromatic heterocycles. The molecule has 1 fully saturated rings. The van der Waals surface area contributed by atoms with Gasteiger partial charge in [0.2, 0.25) is 5.91 Å². The Labute approximate surface area is 145 Å². The van der Waals surface area contributed by atoms with Crippen molar-refractivity contribution < 1.29 is 9.28 Å². The van der Waals surface area contributed by atoms with Crippen molar-refractivity contribution in [1.29, 1.82) is 0 Å². The minimum absolute atomic E-state index is 0.190. The molecule has 0 radical (unpaired) electrons. The molecule has 0 aromatic rings. The summed E-state index contributed by atoms with van der Waals surface area (Å²) in [5.41, 5.74) is -0.0662. The van der Waals surface area contributed by atoms with Crippen molar-refractivity contribution in [2.24, 2.45) is 10.8 Å². The number of amides is 1. The van der Waals surface area contributed by atoms with Crippen molar-refractivity contribution in [3.8, 4) is 0 Å². The van der Waals surface area contributed by atoms with Gasteiger partial charge < -0.3 is 9.38 Å². The predicted molar refractivity (Wildman–Crippen MR) is 99.4 cm³/mol. The Kier molecular flexibility index (Phi) is 7.12. The highest BCUT2D eigenvalue weighted by Gasteiger charge is 2.38. The van der Waals surface area contributed by atoms with E-state index in [1.54, 1.807) is 0 Å². The van der Waals surface area contributed by atoms with Gasteiger partial charge in [0, 0.05) is 18.4 Å². The molecule has 0 N–H and O–H groups in total. The molecule has 1 saturated heterocycles. The molecule has 1 rings (SSSR count). The molecule has 1 amide bonds. The molecule has 1 heterocycles. The Hall–Kier alpha value is -0.570. The van der Waals surface area contributed by atoms with Crippen LogP contribution < -0.4 is 0 Å². The first-order valence-corrected chi connectivity index (χ1v) is 9.70. The Bertz CT molecular complexity index is 384. The van der Waals surface area contributed by atoms with E-state index in [1.165, 1.54) is 37.0 Å². The zero-order chi connectivity index (χ0) is 17.7. The van der Waals surface area contributed by atoms with Gasteiger partial charge in [-0.1, -0.05) is 48.0 Å². The van der Waals surface area contributed by atoms with E-state index in [-0.39, 0.29) is 10.8 Å². The van der Waals surface area contributed by atoms with Gasteiger partial charge in [-0.3, -0.25) is 4.79 Å². The smallest absolute Gasteiger partial charge is 0.228 e. The second-order valence-electron chi connectivity index (χ2n) is 9.45. The highest BCUT2D eigenvalue weighted by Crippen LogP contribution is 2.35. The summed E-state index contributed by atoms with van der Waals surface area (Å²) in [5.74, 6) is 0.360. The number of quaternary nitrogens is 1. The van der Waals surface area contributed by atoms with Crippen LogP contribution in [0.25, 0.3) is 0 Å². The maximum atomic E-state index is 13.1. The third-order valence-electron chi connectivity index (χ3n) is 5.40. The normalized spacial score (nSPS) is 23.7. The van der Waals surface area contributed by atoms with E-state index >= 15 is 0 Å². The van der Waals surface area contributed by atoms with Crippen molar-refractivity contribution in [1.82, 2.24) is 4.90 Å². The quantitative estimate of drug-likeness (QED) is 0.666. The van der Waals surface area contributed by atoms with Crippen LogP contribution in [-0.4, -0.2) is 54.6 Å². The minimum atomic E-state index is -0.256. The number of nitrogens with zero attached hydrogens (tertiary/aromatic N) is 2. The van der Waals surface area contributed by atoms with Gasteiger partial charge in [0.1, 0.15) is 0 Å². The average molecular weight is 326 g/mol. The largest absolute Gasteiger partial charge is 0.336 e. The van der Waals surface area contributed by atoms with Crippen LogP contribution >= 0.6 is 0 Å². The van der Waals surface area contributed by atoms with E-state index in [0.29, 0.717) is 5.91 Å². The second kappa shape index (κ2) is 8.00. The monoisotopic (exact) mass is 325 g/mol. The van der Waals surface area contributed by atoms with E-state index in [4.69, 9.17) is 0 Å². The fourth-order valence-electron chi connectivity index (χ4n) is 4.38. The number of unbranched alkanes of at least 4 members (excludes halogenated alkanes) is 1. The lowest BCUT2D eigenvalue weighted by Crippen LogP contribution is -2.51. The Morgan fingerprint density at radius 1 is 1.04 bits per heavy atom. The summed E-state index contributed by atoms with van der Waals surface area (Å²) in [4.78, 5) is 15.2. The standard InChI is InChI=1S/C20H41N2O/c1-8-10-14-22(9-2)15-11-12-21(13-16-22)18(23)20(6,7)17-19(3,4)5/h8-17H2,1-7H3/q+1. The Balaban J connectivity index is 2.74. The van der Waals surface area contributed by atoms with Crippen molar-refractivity contribution in [2.45, 2.75) is 74.1 Å². The third kappa shape index (κ3) is 6.10. The lowest BCUT2D eigenvalue weighted by molar-refractivity contribution is -0.924. The van der Waals surface area contributed by atoms with Crippen LogP contribution in [0, 0.1) is 10.8 Å². The summed E-state index contributed by atoms with van der Waals surface area (Å²) in [6.45, 7) is 22.3. The van der Waals surface area contributed by atoms with Crippen LogP contribution in [0.1, 0.15) is 74.1 Å². The van der Waals surface area contributed by atoms with E-state index < -0.39 is 0 Å². The number of likely N-dealkylation sites (N-methyl/N-ethyl adjacent to an activating group) is 1. The minimum Gasteiger partial charge on any atom is -0.336 e. The summed E-state index contributed by atoms with van der Waals surface area (Å²) >= 11 is 0. The molecule has 0 aromatic carbocycles. The van der Waals surface area contributed by atoms with Crippen molar-refractivity contribution >= 4 is 5.91 Å². The van der Waals surface area contributed by atoms with Crippen LogP contribution in [0.5, 0.6) is 0 Å². The molecule has 0 aliphatic carbocycles. The first-order chi connectivity index (χ1) is 10.6. The van der Waals surface area contributed by atoms with E-state index in [0.717, 1.165) is 32.5 Å². The fraction of sp³-hybridized carbons (Fsp3) is 0.950. The molecule has 1 atom stereocenters. The summed E-state index contributed by atoms with van der Waals surface area (Å²) in [6, 6.07) is 0. The molecule has 1 unspecified atom stereocenters. The summed E-state index contributed by atoms with van der Waals surface area (Å²) in [6.07, 6.45) is 4.66. The highest BCUT2D eigenvalue weighted by molar-refractivity contribution is 5.82. The van der Waals surface area contributed by atoms with Gasteiger partial charge >= 0.3 is 0 Å². The van der Waals surface area contributed by atoms with Gasteiger partial charge in [-0.15, -0.1) is 0 Å².